The lowest BCUT2D eigenvalue weighted by atomic mass is 10.3. The van der Waals surface area contributed by atoms with Crippen LogP contribution in [0.25, 0.3) is 0 Å². The van der Waals surface area contributed by atoms with E-state index < -0.39 is 0 Å². The van der Waals surface area contributed by atoms with Crippen LogP contribution in [-0.2, 0) is 9.53 Å². The molecule has 1 aliphatic carbocycles. The normalized spacial score (nSPS) is 14.4. The highest BCUT2D eigenvalue weighted by atomic mass is 35.5. The summed E-state index contributed by atoms with van der Waals surface area (Å²) >= 11 is 0. The Morgan fingerprint density at radius 3 is 2.75 bits per heavy atom. The molecule has 0 atom stereocenters. The van der Waals surface area contributed by atoms with Gasteiger partial charge in [0.15, 0.2) is 0 Å². The Kier molecular flexibility index (Phi) is 8.61. The molecule has 1 saturated carbocycles. The van der Waals surface area contributed by atoms with E-state index in [1.165, 1.54) is 12.8 Å². The number of hydrogen-bond donors (Lipinski definition) is 1. The van der Waals surface area contributed by atoms with Crippen molar-refractivity contribution < 1.29 is 9.53 Å². The minimum Gasteiger partial charge on any atom is -0.379 e. The molecule has 0 saturated heterocycles. The molecular weight excluding hydrogens is 228 g/mol. The van der Waals surface area contributed by atoms with Crippen molar-refractivity contribution in [2.75, 3.05) is 40.4 Å². The lowest BCUT2D eigenvalue weighted by Crippen LogP contribution is -2.32. The number of rotatable bonds is 8. The van der Waals surface area contributed by atoms with Crippen LogP contribution >= 0.6 is 12.4 Å². The first-order valence-electron chi connectivity index (χ1n) is 5.70. The van der Waals surface area contributed by atoms with Crippen molar-refractivity contribution in [2.45, 2.75) is 19.3 Å². The van der Waals surface area contributed by atoms with Crippen LogP contribution in [0.5, 0.6) is 0 Å². The molecule has 0 spiro atoms. The van der Waals surface area contributed by atoms with Gasteiger partial charge in [-0.3, -0.25) is 4.79 Å². The van der Waals surface area contributed by atoms with Crippen LogP contribution in [0.15, 0.2) is 0 Å². The maximum atomic E-state index is 11.5. The fourth-order valence-corrected chi connectivity index (χ4v) is 1.28. The average Bonchev–Trinajstić information content (AvgIpc) is 3.04. The van der Waals surface area contributed by atoms with Gasteiger partial charge >= 0.3 is 0 Å². The van der Waals surface area contributed by atoms with Crippen LogP contribution in [0.1, 0.15) is 19.3 Å². The number of halogens is 1. The number of hydrogen-bond acceptors (Lipinski definition) is 3. The third-order valence-electron chi connectivity index (χ3n) is 2.64. The molecule has 0 aromatic rings. The van der Waals surface area contributed by atoms with Gasteiger partial charge in [-0.05, 0) is 25.8 Å². The average molecular weight is 251 g/mol. The molecule has 0 unspecified atom stereocenters. The summed E-state index contributed by atoms with van der Waals surface area (Å²) in [7, 11) is 3.69. The first-order chi connectivity index (χ1) is 7.24. The van der Waals surface area contributed by atoms with Crippen molar-refractivity contribution in [1.29, 1.82) is 0 Å². The van der Waals surface area contributed by atoms with E-state index in [0.29, 0.717) is 19.6 Å². The third kappa shape index (κ3) is 7.04. The van der Waals surface area contributed by atoms with Gasteiger partial charge in [-0.2, -0.15) is 0 Å². The summed E-state index contributed by atoms with van der Waals surface area (Å²) in [6.45, 7) is 2.98. The van der Waals surface area contributed by atoms with Crippen LogP contribution in [0, 0.1) is 5.92 Å². The van der Waals surface area contributed by atoms with Crippen LogP contribution in [0.2, 0.25) is 0 Å². The molecule has 0 aromatic heterocycles. The summed E-state index contributed by atoms with van der Waals surface area (Å²) < 4.78 is 5.47. The quantitative estimate of drug-likeness (QED) is 0.651. The molecular formula is C11H23ClN2O2. The maximum absolute atomic E-state index is 11.5. The van der Waals surface area contributed by atoms with Gasteiger partial charge in [0.1, 0.15) is 0 Å². The fourth-order valence-electron chi connectivity index (χ4n) is 1.28. The van der Waals surface area contributed by atoms with Gasteiger partial charge in [0.25, 0.3) is 0 Å². The zero-order valence-electron chi connectivity index (χ0n) is 10.2. The Labute approximate surface area is 104 Å². The van der Waals surface area contributed by atoms with Crippen LogP contribution in [0.4, 0.5) is 0 Å². The lowest BCUT2D eigenvalue weighted by Gasteiger charge is -2.16. The predicted molar refractivity (Wildman–Crippen MR) is 67.0 cm³/mol. The molecule has 0 aromatic carbocycles. The zero-order valence-corrected chi connectivity index (χ0v) is 11.0. The van der Waals surface area contributed by atoms with Gasteiger partial charge in [0.2, 0.25) is 5.91 Å². The van der Waals surface area contributed by atoms with Gasteiger partial charge in [-0.1, -0.05) is 0 Å². The van der Waals surface area contributed by atoms with E-state index in [9.17, 15) is 4.79 Å². The molecule has 4 nitrogen and oxygen atoms in total. The molecule has 0 bridgehead atoms. The van der Waals surface area contributed by atoms with Crippen molar-refractivity contribution in [2.24, 2.45) is 5.92 Å². The van der Waals surface area contributed by atoms with E-state index in [0.717, 1.165) is 19.1 Å². The highest BCUT2D eigenvalue weighted by Crippen LogP contribution is 2.28. The Morgan fingerprint density at radius 1 is 1.50 bits per heavy atom. The highest BCUT2D eigenvalue weighted by Gasteiger charge is 2.21. The van der Waals surface area contributed by atoms with Gasteiger partial charge in [-0.25, -0.2) is 0 Å². The van der Waals surface area contributed by atoms with Crippen molar-refractivity contribution in [3.8, 4) is 0 Å². The molecule has 0 heterocycles. The summed E-state index contributed by atoms with van der Waals surface area (Å²) in [6, 6.07) is 0. The van der Waals surface area contributed by atoms with Gasteiger partial charge in [0, 0.05) is 33.2 Å². The molecule has 1 rings (SSSR count). The second-order valence-electron chi connectivity index (χ2n) is 4.19. The molecule has 1 fully saturated rings. The number of carbonyl (C=O) groups excluding carboxylic acids is 1. The maximum Gasteiger partial charge on any atom is 0.223 e. The molecule has 0 radical (unpaired) electrons. The van der Waals surface area contributed by atoms with Gasteiger partial charge < -0.3 is 15.0 Å². The summed E-state index contributed by atoms with van der Waals surface area (Å²) in [5.41, 5.74) is 0. The number of carbonyl (C=O) groups is 1. The highest BCUT2D eigenvalue weighted by molar-refractivity contribution is 5.85. The van der Waals surface area contributed by atoms with Crippen molar-refractivity contribution in [3.63, 3.8) is 0 Å². The van der Waals surface area contributed by atoms with E-state index in [-0.39, 0.29) is 18.3 Å². The standard InChI is InChI=1S/C11H22N2O2.ClH/c1-12-6-5-11(14)13(2)7-8-15-9-10-3-4-10;/h10,12H,3-9H2,1-2H3;1H. The van der Waals surface area contributed by atoms with Gasteiger partial charge in [0.05, 0.1) is 6.61 Å². The van der Waals surface area contributed by atoms with E-state index in [1.54, 1.807) is 4.90 Å². The minimum absolute atomic E-state index is 0. The van der Waals surface area contributed by atoms with Crippen molar-refractivity contribution >= 4 is 18.3 Å². The van der Waals surface area contributed by atoms with Gasteiger partial charge in [-0.15, -0.1) is 12.4 Å². The second kappa shape index (κ2) is 8.79. The summed E-state index contributed by atoms with van der Waals surface area (Å²) in [4.78, 5) is 13.2. The first kappa shape index (κ1) is 15.7. The third-order valence-corrected chi connectivity index (χ3v) is 2.64. The van der Waals surface area contributed by atoms with Crippen LogP contribution in [-0.4, -0.2) is 51.2 Å². The minimum atomic E-state index is 0. The molecule has 0 aliphatic heterocycles. The predicted octanol–water partition coefficient (Wildman–Crippen LogP) is 0.903. The van der Waals surface area contributed by atoms with Crippen molar-refractivity contribution in [1.82, 2.24) is 10.2 Å². The second-order valence-corrected chi connectivity index (χ2v) is 4.19. The van der Waals surface area contributed by atoms with E-state index >= 15 is 0 Å². The summed E-state index contributed by atoms with van der Waals surface area (Å²) in [6.07, 6.45) is 3.20. The number of likely N-dealkylation sites (N-methyl/N-ethyl adjacent to an activating group) is 1. The Bertz CT molecular complexity index is 198. The van der Waals surface area contributed by atoms with Crippen LogP contribution < -0.4 is 5.32 Å². The number of ether oxygens (including phenoxy) is 1. The Hall–Kier alpha value is -0.320. The molecule has 16 heavy (non-hydrogen) atoms. The van der Waals surface area contributed by atoms with Crippen LogP contribution in [0.3, 0.4) is 0 Å². The summed E-state index contributed by atoms with van der Waals surface area (Å²) in [5.74, 6) is 0.981. The SMILES string of the molecule is CNCCC(=O)N(C)CCOCC1CC1.Cl. The number of amides is 1. The fraction of sp³-hybridized carbons (Fsp3) is 0.909. The Morgan fingerprint density at radius 2 is 2.19 bits per heavy atom. The number of nitrogens with one attached hydrogen (secondary N) is 1. The van der Waals surface area contributed by atoms with E-state index in [2.05, 4.69) is 5.32 Å². The van der Waals surface area contributed by atoms with E-state index in [4.69, 9.17) is 4.74 Å². The summed E-state index contributed by atoms with van der Waals surface area (Å²) in [5, 5.41) is 2.97. The molecule has 1 N–H and O–H groups in total. The number of nitrogens with zero attached hydrogens (tertiary/aromatic N) is 1. The Balaban J connectivity index is 0.00000225. The smallest absolute Gasteiger partial charge is 0.223 e. The lowest BCUT2D eigenvalue weighted by molar-refractivity contribution is -0.130. The van der Waals surface area contributed by atoms with E-state index in [1.807, 2.05) is 14.1 Å². The monoisotopic (exact) mass is 250 g/mol. The topological polar surface area (TPSA) is 41.6 Å². The molecule has 96 valence electrons. The first-order valence-corrected chi connectivity index (χ1v) is 5.70. The van der Waals surface area contributed by atoms with Crippen molar-refractivity contribution in [3.05, 3.63) is 0 Å². The molecule has 1 amide bonds. The zero-order chi connectivity index (χ0) is 11.1. The molecule has 1 aliphatic rings. The molecule has 5 heteroatoms. The largest absolute Gasteiger partial charge is 0.379 e.